The van der Waals surface area contributed by atoms with E-state index in [1.165, 1.54) is 0 Å². The Balaban J connectivity index is 2.04. The first kappa shape index (κ1) is 23.2. The van der Waals surface area contributed by atoms with Gasteiger partial charge in [-0.1, -0.05) is 0 Å². The predicted octanol–water partition coefficient (Wildman–Crippen LogP) is -1.28. The number of ether oxygens (including phenoxy) is 3. The summed E-state index contributed by atoms with van der Waals surface area (Å²) in [6.45, 7) is -0.831. The third-order valence-electron chi connectivity index (χ3n) is 5.50. The van der Waals surface area contributed by atoms with E-state index in [1.807, 2.05) is 0 Å². The van der Waals surface area contributed by atoms with Gasteiger partial charge in [0.25, 0.3) is 0 Å². The molecule has 2 heterocycles. The van der Waals surface area contributed by atoms with Crippen LogP contribution in [0.15, 0.2) is 12.1 Å². The van der Waals surface area contributed by atoms with Crippen LogP contribution < -0.4 is 0 Å². The van der Waals surface area contributed by atoms with Gasteiger partial charge in [-0.3, -0.25) is 0 Å². The molecule has 1 fully saturated rings. The number of phenols is 6. The molecule has 0 aliphatic carbocycles. The van der Waals surface area contributed by atoms with Crippen molar-refractivity contribution in [3.05, 3.63) is 23.3 Å². The molecule has 1 saturated heterocycles. The van der Waals surface area contributed by atoms with E-state index in [0.717, 1.165) is 0 Å². The smallest absolute Gasteiger partial charge is 0.339 e. The van der Waals surface area contributed by atoms with Crippen LogP contribution in [0, 0.1) is 0 Å². The van der Waals surface area contributed by atoms with E-state index >= 15 is 0 Å². The van der Waals surface area contributed by atoms with E-state index in [4.69, 9.17) is 14.2 Å². The van der Waals surface area contributed by atoms with E-state index in [9.17, 15) is 55.5 Å². The highest BCUT2D eigenvalue weighted by Crippen LogP contribution is 2.53. The Hall–Kier alpha value is -3.98. The molecule has 0 spiro atoms. The first-order valence-electron chi connectivity index (χ1n) is 9.58. The number of carbonyl (C=O) groups is 2. The van der Waals surface area contributed by atoms with E-state index < -0.39 is 106 Å². The Kier molecular flexibility index (Phi) is 5.53. The number of hydrogen-bond donors (Lipinski definition) is 9. The summed E-state index contributed by atoms with van der Waals surface area (Å²) in [6, 6.07) is 1.21. The summed E-state index contributed by atoms with van der Waals surface area (Å²) in [5, 5.41) is 90.9. The fraction of sp³-hybridized carbons (Fsp3) is 0.300. The zero-order valence-electron chi connectivity index (χ0n) is 16.8. The van der Waals surface area contributed by atoms with Crippen molar-refractivity contribution in [3.8, 4) is 45.6 Å². The van der Waals surface area contributed by atoms with Gasteiger partial charge in [0.15, 0.2) is 41.5 Å². The molecule has 14 heteroatoms. The number of esters is 2. The van der Waals surface area contributed by atoms with Gasteiger partial charge in [0.05, 0.1) is 17.7 Å². The average molecular weight is 482 g/mol. The van der Waals surface area contributed by atoms with Crippen molar-refractivity contribution in [2.75, 3.05) is 6.61 Å². The number of benzene rings is 2. The normalized spacial score (nSPS) is 26.5. The van der Waals surface area contributed by atoms with Gasteiger partial charge in [-0.2, -0.15) is 0 Å². The van der Waals surface area contributed by atoms with Crippen LogP contribution in [0.4, 0.5) is 0 Å². The zero-order chi connectivity index (χ0) is 25.1. The summed E-state index contributed by atoms with van der Waals surface area (Å²) in [5.41, 5.74) is -3.15. The van der Waals surface area contributed by atoms with E-state index in [1.54, 1.807) is 0 Å². The number of aromatic hydroxyl groups is 6. The molecule has 5 atom stereocenters. The van der Waals surface area contributed by atoms with Gasteiger partial charge in [0, 0.05) is 11.1 Å². The summed E-state index contributed by atoms with van der Waals surface area (Å²) in [7, 11) is 0. The molecule has 2 aromatic carbocycles. The van der Waals surface area contributed by atoms with E-state index in [-0.39, 0.29) is 0 Å². The molecule has 2 aliphatic heterocycles. The molecule has 0 bridgehead atoms. The van der Waals surface area contributed by atoms with Crippen LogP contribution in [0.3, 0.4) is 0 Å². The van der Waals surface area contributed by atoms with Crippen molar-refractivity contribution in [2.45, 2.75) is 30.7 Å². The van der Waals surface area contributed by atoms with Crippen molar-refractivity contribution in [3.63, 3.8) is 0 Å². The molecular formula is C20H18O14. The van der Waals surface area contributed by atoms with Crippen LogP contribution in [0.2, 0.25) is 0 Å². The highest BCUT2D eigenvalue weighted by molar-refractivity contribution is 6.08. The largest absolute Gasteiger partial charge is 0.504 e. The lowest BCUT2D eigenvalue weighted by atomic mass is 9.91. The number of aliphatic hydroxyl groups excluding tert-OH is 3. The van der Waals surface area contributed by atoms with Crippen LogP contribution in [0.5, 0.6) is 34.5 Å². The predicted molar refractivity (Wildman–Crippen MR) is 104 cm³/mol. The lowest BCUT2D eigenvalue weighted by molar-refractivity contribution is -0.285. The van der Waals surface area contributed by atoms with Gasteiger partial charge in [-0.25, -0.2) is 9.59 Å². The standard InChI is InChI=1S/C20H18O14/c21-3-8-13(26)16-17(20(31)32-8)34-19(30)5-2-7(23)12(25)15(28)10(5)9-4(18(29)33-16)1-6(22)11(24)14(9)27/h1-2,8,13,16-17,20-28,31H,3H2/t8-,13-,16+,17-,20?/m1/s1. The summed E-state index contributed by atoms with van der Waals surface area (Å²) in [5.74, 6) is -9.67. The lowest BCUT2D eigenvalue weighted by Gasteiger charge is -2.41. The van der Waals surface area contributed by atoms with Gasteiger partial charge in [0.2, 0.25) is 11.5 Å². The Labute approximate surface area is 188 Å². The summed E-state index contributed by atoms with van der Waals surface area (Å²) >= 11 is 0. The lowest BCUT2D eigenvalue weighted by Crippen LogP contribution is -2.61. The maximum absolute atomic E-state index is 13.0. The third kappa shape index (κ3) is 3.36. The zero-order valence-corrected chi connectivity index (χ0v) is 16.8. The average Bonchev–Trinajstić information content (AvgIpc) is 2.79. The molecule has 4 rings (SSSR count). The first-order valence-corrected chi connectivity index (χ1v) is 9.58. The quantitative estimate of drug-likeness (QED) is 0.170. The topological polar surface area (TPSA) is 244 Å². The van der Waals surface area contributed by atoms with Crippen LogP contribution in [-0.4, -0.2) is 95.2 Å². The minimum Gasteiger partial charge on any atom is -0.504 e. The molecule has 182 valence electrons. The van der Waals surface area contributed by atoms with Crippen LogP contribution >= 0.6 is 0 Å². The molecule has 1 unspecified atom stereocenters. The highest BCUT2D eigenvalue weighted by atomic mass is 16.7. The van der Waals surface area contributed by atoms with Gasteiger partial charge < -0.3 is 60.2 Å². The third-order valence-corrected chi connectivity index (χ3v) is 5.50. The van der Waals surface area contributed by atoms with E-state index in [0.29, 0.717) is 12.1 Å². The Morgan fingerprint density at radius 3 is 1.59 bits per heavy atom. The summed E-state index contributed by atoms with van der Waals surface area (Å²) < 4.78 is 15.3. The van der Waals surface area contributed by atoms with Crippen molar-refractivity contribution >= 4 is 11.9 Å². The van der Waals surface area contributed by atoms with E-state index in [2.05, 4.69) is 0 Å². The van der Waals surface area contributed by atoms with Crippen LogP contribution in [-0.2, 0) is 14.2 Å². The second kappa shape index (κ2) is 8.11. The number of rotatable bonds is 1. The Bertz CT molecular complexity index is 1190. The fourth-order valence-corrected chi connectivity index (χ4v) is 3.81. The van der Waals surface area contributed by atoms with Crippen molar-refractivity contribution in [1.82, 2.24) is 0 Å². The maximum atomic E-state index is 13.0. The van der Waals surface area contributed by atoms with Gasteiger partial charge in [-0.15, -0.1) is 0 Å². The molecule has 0 amide bonds. The molecule has 14 nitrogen and oxygen atoms in total. The molecule has 0 radical (unpaired) electrons. The first-order chi connectivity index (χ1) is 16.0. The number of hydrogen-bond acceptors (Lipinski definition) is 14. The van der Waals surface area contributed by atoms with Crippen molar-refractivity contribution in [2.24, 2.45) is 0 Å². The Morgan fingerprint density at radius 1 is 0.706 bits per heavy atom. The molecule has 0 aromatic heterocycles. The SMILES string of the molecule is O=C1O[C@H]2[C@H](O)[C@@H](CO)OC(O)[C@@H]2OC(=O)c2cc(O)c(O)c(O)c2-c2c1cc(O)c(O)c2O. The van der Waals surface area contributed by atoms with Gasteiger partial charge >= 0.3 is 11.9 Å². The second-order valence-corrected chi connectivity index (χ2v) is 7.51. The van der Waals surface area contributed by atoms with Crippen LogP contribution in [0.25, 0.3) is 11.1 Å². The number of carbonyl (C=O) groups excluding carboxylic acids is 2. The molecule has 2 aromatic rings. The molecule has 34 heavy (non-hydrogen) atoms. The molecule has 9 N–H and O–H groups in total. The molecule has 2 aliphatic rings. The minimum absolute atomic E-state index is 0.602. The maximum Gasteiger partial charge on any atom is 0.339 e. The van der Waals surface area contributed by atoms with Crippen molar-refractivity contribution in [1.29, 1.82) is 0 Å². The van der Waals surface area contributed by atoms with Gasteiger partial charge in [-0.05, 0) is 12.1 Å². The number of aliphatic hydroxyl groups is 3. The van der Waals surface area contributed by atoms with Crippen molar-refractivity contribution < 1.29 is 69.8 Å². The van der Waals surface area contributed by atoms with Crippen LogP contribution in [0.1, 0.15) is 20.7 Å². The second-order valence-electron chi connectivity index (χ2n) is 7.51. The fourth-order valence-electron chi connectivity index (χ4n) is 3.81. The monoisotopic (exact) mass is 482 g/mol. The Morgan fingerprint density at radius 2 is 1.15 bits per heavy atom. The van der Waals surface area contributed by atoms with Gasteiger partial charge in [0.1, 0.15) is 12.2 Å². The minimum atomic E-state index is -2.02. The highest BCUT2D eigenvalue weighted by Gasteiger charge is 2.50. The molecule has 0 saturated carbocycles. The summed E-state index contributed by atoms with van der Waals surface area (Å²) in [4.78, 5) is 26.0. The molecular weight excluding hydrogens is 464 g/mol. The number of phenolic OH excluding ortho intramolecular Hbond substituents is 6. The summed E-state index contributed by atoms with van der Waals surface area (Å²) in [6.07, 6.45) is -9.06. The number of fused-ring (bicyclic) bond motifs is 4.